The third-order valence-corrected chi connectivity index (χ3v) is 5.82. The van der Waals surface area contributed by atoms with Crippen molar-refractivity contribution in [1.82, 2.24) is 10.8 Å². The zero-order chi connectivity index (χ0) is 26.4. The van der Waals surface area contributed by atoms with Crippen molar-refractivity contribution in [2.24, 2.45) is 0 Å². The third-order valence-electron chi connectivity index (χ3n) is 4.87. The van der Waals surface area contributed by atoms with Crippen molar-refractivity contribution in [2.45, 2.75) is 38.5 Å². The number of hydroxylamine groups is 1. The Morgan fingerprint density at radius 2 is 1.86 bits per heavy atom. The minimum atomic E-state index is -3.71. The molecule has 0 saturated carbocycles. The molecule has 0 unspecified atom stereocenters. The lowest BCUT2D eigenvalue weighted by molar-refractivity contribution is -0.384. The van der Waals surface area contributed by atoms with Gasteiger partial charge in [-0.25, -0.2) is 5.48 Å². The van der Waals surface area contributed by atoms with Crippen LogP contribution < -0.4 is 21.4 Å². The van der Waals surface area contributed by atoms with E-state index in [2.05, 4.69) is 21.2 Å². The molecule has 35 heavy (non-hydrogen) atoms. The highest BCUT2D eigenvalue weighted by atomic mass is 79.9. The summed E-state index contributed by atoms with van der Waals surface area (Å²) < 4.78 is 27.4. The number of nitrogens with zero attached hydrogens (tertiary/aromatic N) is 2. The number of rotatable bonds is 17. The number of hydrogen-bond acceptors (Lipinski definition) is 10. The van der Waals surface area contributed by atoms with Crippen LogP contribution in [0.2, 0.25) is 0 Å². The number of nitrogens with one attached hydrogen (secondary N) is 2. The van der Waals surface area contributed by atoms with Gasteiger partial charge in [-0.05, 0) is 18.9 Å². The predicted molar refractivity (Wildman–Crippen MR) is 134 cm³/mol. The molecule has 13 nitrogen and oxygen atoms in total. The van der Waals surface area contributed by atoms with Gasteiger partial charge in [0, 0.05) is 43.1 Å². The molecule has 0 heterocycles. The van der Waals surface area contributed by atoms with Crippen LogP contribution in [0.5, 0.6) is 0 Å². The van der Waals surface area contributed by atoms with Crippen LogP contribution in [0.4, 0.5) is 17.1 Å². The summed E-state index contributed by atoms with van der Waals surface area (Å²) in [6.07, 6.45) is 4.87. The van der Waals surface area contributed by atoms with Gasteiger partial charge in [0.25, 0.3) is 21.7 Å². The molecule has 2 amide bonds. The van der Waals surface area contributed by atoms with E-state index < -0.39 is 26.9 Å². The Hall–Kier alpha value is -2.49. The van der Waals surface area contributed by atoms with Crippen LogP contribution in [0.3, 0.4) is 0 Å². The minimum absolute atomic E-state index is 0.00650. The zero-order valence-electron chi connectivity index (χ0n) is 19.5. The zero-order valence-corrected chi connectivity index (χ0v) is 21.9. The summed E-state index contributed by atoms with van der Waals surface area (Å²) in [5, 5.41) is 23.4. The average molecular weight is 582 g/mol. The Labute approximate surface area is 212 Å². The Balaban J connectivity index is 2.91. The van der Waals surface area contributed by atoms with Gasteiger partial charge in [-0.15, -0.1) is 0 Å². The second kappa shape index (κ2) is 15.5. The van der Waals surface area contributed by atoms with E-state index in [0.717, 1.165) is 31.6 Å². The van der Waals surface area contributed by atoms with Gasteiger partial charge in [-0.1, -0.05) is 35.2 Å². The van der Waals surface area contributed by atoms with Crippen LogP contribution in [-0.4, -0.2) is 68.2 Å². The van der Waals surface area contributed by atoms with Crippen molar-refractivity contribution in [3.8, 4) is 0 Å². The maximum atomic E-state index is 13.0. The summed E-state index contributed by atoms with van der Waals surface area (Å²) in [5.74, 6) is -0.972. The van der Waals surface area contributed by atoms with E-state index in [4.69, 9.17) is 15.1 Å². The van der Waals surface area contributed by atoms with Gasteiger partial charge in [-0.3, -0.25) is 29.1 Å². The number of nitro groups is 1. The summed E-state index contributed by atoms with van der Waals surface area (Å²) >= 11 is 3.28. The number of benzene rings is 1. The van der Waals surface area contributed by atoms with Crippen molar-refractivity contribution in [3.05, 3.63) is 27.8 Å². The van der Waals surface area contributed by atoms with Crippen molar-refractivity contribution in [2.75, 3.05) is 48.5 Å². The normalized spacial score (nSPS) is 11.2. The van der Waals surface area contributed by atoms with Crippen molar-refractivity contribution >= 4 is 54.9 Å². The molecule has 1 aromatic carbocycles. The topological polar surface area (TPSA) is 194 Å². The molecule has 15 heteroatoms. The number of nitro benzene ring substituents is 1. The fraction of sp³-hybridized carbons (Fsp3) is 0.600. The second-order valence-electron chi connectivity index (χ2n) is 7.70. The van der Waals surface area contributed by atoms with Crippen LogP contribution in [0.25, 0.3) is 0 Å². The van der Waals surface area contributed by atoms with E-state index in [1.807, 2.05) is 0 Å². The summed E-state index contributed by atoms with van der Waals surface area (Å²) in [4.78, 5) is 36.5. The quantitative estimate of drug-likeness (QED) is 0.0401. The summed E-state index contributed by atoms with van der Waals surface area (Å²) in [6.45, 7) is 0.298. The molecular formula is C20H32BrN5O8S. The number of unbranched alkanes of at least 4 members (excludes halogenated alkanes) is 4. The largest absolute Gasteiger partial charge is 0.399 e. The Morgan fingerprint density at radius 1 is 1.20 bits per heavy atom. The van der Waals surface area contributed by atoms with Gasteiger partial charge in [0.05, 0.1) is 23.3 Å². The lowest BCUT2D eigenvalue weighted by Crippen LogP contribution is -2.34. The first-order chi connectivity index (χ1) is 16.5. The number of carbonyl (C=O) groups excluding carboxylic acids is 2. The molecule has 0 aliphatic rings. The fourth-order valence-electron chi connectivity index (χ4n) is 3.32. The lowest BCUT2D eigenvalue weighted by atomic mass is 10.1. The van der Waals surface area contributed by atoms with Crippen molar-refractivity contribution in [3.63, 3.8) is 0 Å². The van der Waals surface area contributed by atoms with Gasteiger partial charge in [-0.2, -0.15) is 8.42 Å². The van der Waals surface area contributed by atoms with Crippen LogP contribution in [-0.2, 0) is 19.1 Å². The minimum Gasteiger partial charge on any atom is -0.399 e. The highest BCUT2D eigenvalue weighted by molar-refractivity contribution is 9.09. The molecule has 0 fully saturated rings. The molecule has 1 rings (SSSR count). The van der Waals surface area contributed by atoms with E-state index in [9.17, 15) is 28.1 Å². The number of carbonyl (C=O) groups is 2. The maximum absolute atomic E-state index is 13.0. The molecule has 198 valence electrons. The average Bonchev–Trinajstić information content (AvgIpc) is 2.78. The Bertz CT molecular complexity index is 977. The van der Waals surface area contributed by atoms with E-state index >= 15 is 0 Å². The summed E-state index contributed by atoms with van der Waals surface area (Å²) in [6, 6.07) is 2.50. The van der Waals surface area contributed by atoms with Crippen molar-refractivity contribution in [1.29, 1.82) is 0 Å². The molecule has 5 N–H and O–H groups in total. The highest BCUT2D eigenvalue weighted by Gasteiger charge is 2.27. The first-order valence-corrected chi connectivity index (χ1v) is 13.9. The molecule has 0 atom stereocenters. The van der Waals surface area contributed by atoms with E-state index in [-0.39, 0.29) is 48.7 Å². The third kappa shape index (κ3) is 11.7. The first kappa shape index (κ1) is 30.5. The van der Waals surface area contributed by atoms with E-state index in [1.165, 1.54) is 11.0 Å². The number of amides is 2. The molecule has 0 spiro atoms. The van der Waals surface area contributed by atoms with Crippen LogP contribution >= 0.6 is 15.9 Å². The molecule has 0 radical (unpaired) electrons. The number of nitrogens with two attached hydrogens (primary N) is 1. The predicted octanol–water partition coefficient (Wildman–Crippen LogP) is 1.93. The van der Waals surface area contributed by atoms with Gasteiger partial charge < -0.3 is 16.0 Å². The van der Waals surface area contributed by atoms with E-state index in [0.29, 0.717) is 24.7 Å². The smallest absolute Gasteiger partial charge is 0.295 e. The molecule has 1 aromatic rings. The Kier molecular flexibility index (Phi) is 13.5. The molecule has 0 bridgehead atoms. The lowest BCUT2D eigenvalue weighted by Gasteiger charge is -2.26. The summed E-state index contributed by atoms with van der Waals surface area (Å²) in [7, 11) is -3.71. The molecule has 0 aromatic heterocycles. The maximum Gasteiger partial charge on any atom is 0.295 e. The number of nitrogen functional groups attached to an aromatic ring is 1. The molecule has 0 aliphatic carbocycles. The van der Waals surface area contributed by atoms with Crippen LogP contribution in [0, 0.1) is 10.1 Å². The van der Waals surface area contributed by atoms with Crippen molar-refractivity contribution < 1.29 is 32.3 Å². The molecule has 0 aliphatic heterocycles. The molecular weight excluding hydrogens is 550 g/mol. The monoisotopic (exact) mass is 581 g/mol. The van der Waals surface area contributed by atoms with Gasteiger partial charge >= 0.3 is 0 Å². The Morgan fingerprint density at radius 3 is 2.46 bits per heavy atom. The standard InChI is InChI=1S/C20H32BrN5O8S/c1-35(32,33)34-12-11-25(10-8-21)19-16(13-15(22)14-17(19)26(30)31)20(28)23-9-6-4-2-3-5-7-18(27)24-29/h13-14,29H,2-12,22H2,1H3,(H,23,28)(H,24,27). The van der Waals surface area contributed by atoms with Gasteiger partial charge in [0.15, 0.2) is 0 Å². The number of hydrogen-bond donors (Lipinski definition) is 4. The number of alkyl halides is 1. The number of anilines is 2. The first-order valence-electron chi connectivity index (χ1n) is 10.9. The second-order valence-corrected chi connectivity index (χ2v) is 10.1. The van der Waals surface area contributed by atoms with Crippen LogP contribution in [0.1, 0.15) is 48.9 Å². The van der Waals surface area contributed by atoms with E-state index in [1.54, 1.807) is 5.48 Å². The fourth-order valence-corrected chi connectivity index (χ4v) is 4.12. The van der Waals surface area contributed by atoms with Gasteiger partial charge in [0.1, 0.15) is 5.69 Å². The summed E-state index contributed by atoms with van der Waals surface area (Å²) in [5.41, 5.74) is 7.12. The SMILES string of the molecule is CS(=O)(=O)OCCN(CCBr)c1c(C(=O)NCCCCCCCC(=O)NO)cc(N)cc1[N+](=O)[O-]. The van der Waals surface area contributed by atoms with Crippen LogP contribution in [0.15, 0.2) is 12.1 Å². The number of halogens is 1. The highest BCUT2D eigenvalue weighted by Crippen LogP contribution is 2.35. The van der Waals surface area contributed by atoms with Gasteiger partial charge in [0.2, 0.25) is 5.91 Å². The molecule has 0 saturated heterocycles.